The van der Waals surface area contributed by atoms with Gasteiger partial charge in [0.2, 0.25) is 5.76 Å². The van der Waals surface area contributed by atoms with Gasteiger partial charge < -0.3 is 14.5 Å². The van der Waals surface area contributed by atoms with E-state index >= 15 is 0 Å². The third-order valence-electron chi connectivity index (χ3n) is 5.62. The summed E-state index contributed by atoms with van der Waals surface area (Å²) in [5, 5.41) is 3.43. The highest BCUT2D eigenvalue weighted by Gasteiger charge is 2.36. The molecule has 0 bridgehead atoms. The average Bonchev–Trinajstić information content (AvgIpc) is 3.04. The van der Waals surface area contributed by atoms with Crippen LogP contribution in [0.15, 0.2) is 45.6 Å². The molecule has 2 aromatic carbocycles. The second kappa shape index (κ2) is 8.34. The van der Waals surface area contributed by atoms with Gasteiger partial charge >= 0.3 is 0 Å². The van der Waals surface area contributed by atoms with Crippen LogP contribution >= 0.6 is 0 Å². The lowest BCUT2D eigenvalue weighted by Gasteiger charge is -2.13. The maximum atomic E-state index is 13.3. The predicted molar refractivity (Wildman–Crippen MR) is 117 cm³/mol. The summed E-state index contributed by atoms with van der Waals surface area (Å²) >= 11 is 0. The first-order valence-corrected chi connectivity index (χ1v) is 10.6. The Bertz CT molecular complexity index is 1140. The van der Waals surface area contributed by atoms with E-state index in [0.717, 1.165) is 28.9 Å². The van der Waals surface area contributed by atoms with Gasteiger partial charge in [-0.05, 0) is 55.2 Å². The number of ether oxygens (including phenoxy) is 1. The number of carbonyl (C=O) groups excluding carboxylic acids is 1. The lowest BCUT2D eigenvalue weighted by atomic mass is 9.97. The highest BCUT2D eigenvalue weighted by molar-refractivity contribution is 5.99. The Balaban J connectivity index is 1.63. The maximum Gasteiger partial charge on any atom is 0.288 e. The minimum Gasteiger partial charge on any atom is -0.494 e. The van der Waals surface area contributed by atoms with Gasteiger partial charge in [-0.1, -0.05) is 44.4 Å². The number of unbranched alkanes of at least 4 members (excludes halogenated alkanes) is 3. The van der Waals surface area contributed by atoms with Crippen LogP contribution < -0.4 is 15.5 Å². The van der Waals surface area contributed by atoms with Crippen LogP contribution in [-0.2, 0) is 0 Å². The molecule has 5 heteroatoms. The third-order valence-corrected chi connectivity index (χ3v) is 5.62. The van der Waals surface area contributed by atoms with Crippen molar-refractivity contribution in [2.75, 3.05) is 6.61 Å². The van der Waals surface area contributed by atoms with Gasteiger partial charge in [0.05, 0.1) is 23.6 Å². The van der Waals surface area contributed by atoms with Gasteiger partial charge in [0, 0.05) is 0 Å². The molecule has 1 atom stereocenters. The molecule has 30 heavy (non-hydrogen) atoms. The van der Waals surface area contributed by atoms with Crippen LogP contribution in [0.25, 0.3) is 11.0 Å². The normalized spacial score (nSPS) is 15.3. The van der Waals surface area contributed by atoms with Gasteiger partial charge in [-0.2, -0.15) is 0 Å². The average molecular weight is 405 g/mol. The third kappa shape index (κ3) is 3.72. The molecule has 0 saturated carbocycles. The fraction of sp³-hybridized carbons (Fsp3) is 0.360. The molecule has 0 saturated heterocycles. The summed E-state index contributed by atoms with van der Waals surface area (Å²) in [6, 6.07) is 10.8. The van der Waals surface area contributed by atoms with Gasteiger partial charge in [-0.15, -0.1) is 0 Å². The lowest BCUT2D eigenvalue weighted by Crippen LogP contribution is -2.22. The molecule has 1 unspecified atom stereocenters. The number of amides is 1. The summed E-state index contributed by atoms with van der Waals surface area (Å²) in [5.41, 5.74) is 3.36. The van der Waals surface area contributed by atoms with E-state index in [9.17, 15) is 9.59 Å². The molecule has 1 aliphatic heterocycles. The molecule has 0 fully saturated rings. The molecule has 4 rings (SSSR count). The quantitative estimate of drug-likeness (QED) is 0.549. The SMILES string of the molecule is CCCCCCOc1ccc(C2NC(=O)c3oc4cc(C)cc(C)c4c(=O)c32)cc1. The van der Waals surface area contributed by atoms with Gasteiger partial charge in [-0.3, -0.25) is 9.59 Å². The van der Waals surface area contributed by atoms with Crippen molar-refractivity contribution in [3.8, 4) is 5.75 Å². The van der Waals surface area contributed by atoms with Crippen molar-refractivity contribution in [2.24, 2.45) is 0 Å². The molecule has 3 aromatic rings. The number of nitrogens with one attached hydrogen (secondary N) is 1. The number of carbonyl (C=O) groups is 1. The molecule has 1 aromatic heterocycles. The van der Waals surface area contributed by atoms with E-state index in [1.165, 1.54) is 19.3 Å². The Hall–Kier alpha value is -3.08. The van der Waals surface area contributed by atoms with Crippen LogP contribution in [0.5, 0.6) is 5.75 Å². The van der Waals surface area contributed by atoms with Crippen LogP contribution in [0.1, 0.15) is 71.5 Å². The van der Waals surface area contributed by atoms with Crippen LogP contribution in [-0.4, -0.2) is 12.5 Å². The van der Waals surface area contributed by atoms with E-state index in [-0.39, 0.29) is 17.1 Å². The Morgan fingerprint density at radius 2 is 1.80 bits per heavy atom. The fourth-order valence-corrected chi connectivity index (χ4v) is 4.13. The topological polar surface area (TPSA) is 68.5 Å². The molecule has 2 heterocycles. The second-order valence-electron chi connectivity index (χ2n) is 8.01. The molecule has 5 nitrogen and oxygen atoms in total. The number of hydrogen-bond donors (Lipinski definition) is 1. The highest BCUT2D eigenvalue weighted by Crippen LogP contribution is 2.32. The molecule has 156 valence electrons. The Labute approximate surface area is 176 Å². The number of benzene rings is 2. The molecule has 1 aliphatic rings. The molecule has 0 spiro atoms. The summed E-state index contributed by atoms with van der Waals surface area (Å²) in [5.74, 6) is 0.542. The number of aryl methyl sites for hydroxylation is 2. The van der Waals surface area contributed by atoms with Crippen LogP contribution in [0.4, 0.5) is 0 Å². The van der Waals surface area contributed by atoms with Crippen LogP contribution in [0.2, 0.25) is 0 Å². The summed E-state index contributed by atoms with van der Waals surface area (Å²) in [4.78, 5) is 25.8. The molecule has 0 radical (unpaired) electrons. The van der Waals surface area contributed by atoms with Crippen LogP contribution in [0, 0.1) is 13.8 Å². The zero-order valence-electron chi connectivity index (χ0n) is 17.7. The van der Waals surface area contributed by atoms with Gasteiger partial charge in [0.15, 0.2) is 5.43 Å². The van der Waals surface area contributed by atoms with Crippen molar-refractivity contribution in [2.45, 2.75) is 52.5 Å². The monoisotopic (exact) mass is 405 g/mol. The van der Waals surface area contributed by atoms with E-state index in [1.807, 2.05) is 44.2 Å². The minimum atomic E-state index is -0.521. The smallest absolute Gasteiger partial charge is 0.288 e. The zero-order valence-corrected chi connectivity index (χ0v) is 17.7. The Morgan fingerprint density at radius 3 is 2.53 bits per heavy atom. The first-order chi connectivity index (χ1) is 14.5. The summed E-state index contributed by atoms with van der Waals surface area (Å²) in [6.07, 6.45) is 4.63. The van der Waals surface area contributed by atoms with Crippen molar-refractivity contribution < 1.29 is 13.9 Å². The van der Waals surface area contributed by atoms with Crippen molar-refractivity contribution in [3.05, 3.63) is 74.6 Å². The first kappa shape index (κ1) is 20.2. The van der Waals surface area contributed by atoms with E-state index in [0.29, 0.717) is 23.1 Å². The van der Waals surface area contributed by atoms with E-state index in [2.05, 4.69) is 12.2 Å². The van der Waals surface area contributed by atoms with E-state index in [1.54, 1.807) is 6.07 Å². The van der Waals surface area contributed by atoms with Gasteiger partial charge in [-0.25, -0.2) is 0 Å². The lowest BCUT2D eigenvalue weighted by molar-refractivity contribution is 0.0938. The summed E-state index contributed by atoms with van der Waals surface area (Å²) < 4.78 is 11.7. The fourth-order valence-electron chi connectivity index (χ4n) is 4.13. The van der Waals surface area contributed by atoms with E-state index in [4.69, 9.17) is 9.15 Å². The van der Waals surface area contributed by atoms with Crippen molar-refractivity contribution >= 4 is 16.9 Å². The summed E-state index contributed by atoms with van der Waals surface area (Å²) in [6.45, 7) is 6.71. The molecule has 1 N–H and O–H groups in total. The van der Waals surface area contributed by atoms with Gasteiger partial charge in [0.1, 0.15) is 11.3 Å². The standard InChI is InChI=1S/C25H27NO4/c1-4-5-6-7-12-29-18-10-8-17(9-11-18)22-21-23(27)20-16(3)13-15(2)14-19(20)30-24(21)25(28)26-22/h8-11,13-14,22H,4-7,12H2,1-3H3,(H,26,28). The zero-order chi connectivity index (χ0) is 21.3. The predicted octanol–water partition coefficient (Wildman–Crippen LogP) is 5.20. The Morgan fingerprint density at radius 1 is 1.03 bits per heavy atom. The number of hydrogen-bond acceptors (Lipinski definition) is 4. The molecular weight excluding hydrogens is 378 g/mol. The van der Waals surface area contributed by atoms with E-state index < -0.39 is 6.04 Å². The number of rotatable bonds is 7. The maximum absolute atomic E-state index is 13.3. The summed E-state index contributed by atoms with van der Waals surface area (Å²) in [7, 11) is 0. The minimum absolute atomic E-state index is 0.110. The number of fused-ring (bicyclic) bond motifs is 2. The molecular formula is C25H27NO4. The van der Waals surface area contributed by atoms with Crippen molar-refractivity contribution in [3.63, 3.8) is 0 Å². The molecule has 0 aliphatic carbocycles. The largest absolute Gasteiger partial charge is 0.494 e. The Kier molecular flexibility index (Phi) is 5.62. The van der Waals surface area contributed by atoms with Crippen LogP contribution in [0.3, 0.4) is 0 Å². The molecule has 1 amide bonds. The van der Waals surface area contributed by atoms with Crippen molar-refractivity contribution in [1.82, 2.24) is 5.32 Å². The second-order valence-corrected chi connectivity index (χ2v) is 8.01. The van der Waals surface area contributed by atoms with Gasteiger partial charge in [0.25, 0.3) is 5.91 Å². The highest BCUT2D eigenvalue weighted by atomic mass is 16.5. The van der Waals surface area contributed by atoms with Crippen molar-refractivity contribution in [1.29, 1.82) is 0 Å². The first-order valence-electron chi connectivity index (χ1n) is 10.6.